The third-order valence-corrected chi connectivity index (χ3v) is 4.29. The summed E-state index contributed by atoms with van der Waals surface area (Å²) in [5.41, 5.74) is 0. The van der Waals surface area contributed by atoms with E-state index in [-0.39, 0.29) is 11.8 Å². The number of sulfone groups is 1. The molecule has 0 saturated heterocycles. The molecule has 1 aliphatic heterocycles. The van der Waals surface area contributed by atoms with E-state index in [1.807, 2.05) is 6.26 Å². The van der Waals surface area contributed by atoms with Crippen molar-refractivity contribution in [2.24, 2.45) is 0 Å². The Bertz CT molecular complexity index is 377. The van der Waals surface area contributed by atoms with Crippen LogP contribution in [0.5, 0.6) is 0 Å². The minimum Gasteiger partial charge on any atom is -0.480 e. The van der Waals surface area contributed by atoms with Crippen molar-refractivity contribution in [3.05, 3.63) is 11.5 Å². The Morgan fingerprint density at radius 1 is 1.69 bits per heavy atom. The van der Waals surface area contributed by atoms with Crippen molar-refractivity contribution < 1.29 is 18.3 Å². The van der Waals surface area contributed by atoms with Gasteiger partial charge in [0, 0.05) is 11.4 Å². The predicted molar refractivity (Wildman–Crippen MR) is 64.3 cm³/mol. The largest absolute Gasteiger partial charge is 0.480 e. The molecule has 0 fully saturated rings. The monoisotopic (exact) mass is 265 g/mol. The Labute approximate surface area is 99.2 Å². The van der Waals surface area contributed by atoms with Crippen LogP contribution in [-0.4, -0.2) is 49.3 Å². The molecule has 2 atom stereocenters. The molecule has 0 spiro atoms. The lowest BCUT2D eigenvalue weighted by Gasteiger charge is -2.17. The van der Waals surface area contributed by atoms with Crippen molar-refractivity contribution in [2.45, 2.75) is 18.5 Å². The summed E-state index contributed by atoms with van der Waals surface area (Å²) in [6.45, 7) is 0. The zero-order chi connectivity index (χ0) is 12.2. The first-order valence-electron chi connectivity index (χ1n) is 4.83. The summed E-state index contributed by atoms with van der Waals surface area (Å²) in [6.07, 6.45) is 3.89. The molecule has 2 unspecified atom stereocenters. The number of rotatable bonds is 6. The Hall–Kier alpha value is -0.530. The van der Waals surface area contributed by atoms with Gasteiger partial charge in [0.15, 0.2) is 9.84 Å². The fraction of sp³-hybridized carbons (Fsp3) is 0.667. The summed E-state index contributed by atoms with van der Waals surface area (Å²) in [5, 5.41) is 12.9. The van der Waals surface area contributed by atoms with Gasteiger partial charge in [-0.05, 0) is 18.4 Å². The average molecular weight is 265 g/mol. The quantitative estimate of drug-likeness (QED) is 0.708. The minimum atomic E-state index is -3.13. The first-order valence-corrected chi connectivity index (χ1v) is 7.94. The van der Waals surface area contributed by atoms with Gasteiger partial charge in [-0.2, -0.15) is 11.8 Å². The molecule has 0 amide bonds. The lowest BCUT2D eigenvalue weighted by atomic mass is 10.2. The number of carboxylic acids is 1. The lowest BCUT2D eigenvalue weighted by molar-refractivity contribution is -0.139. The number of thioether (sulfide) groups is 1. The van der Waals surface area contributed by atoms with Crippen LogP contribution < -0.4 is 5.32 Å². The number of aliphatic carboxylic acids is 1. The van der Waals surface area contributed by atoms with Crippen molar-refractivity contribution in [2.75, 3.05) is 17.8 Å². The van der Waals surface area contributed by atoms with E-state index in [2.05, 4.69) is 5.32 Å². The van der Waals surface area contributed by atoms with Crippen LogP contribution >= 0.6 is 11.8 Å². The first-order chi connectivity index (χ1) is 7.44. The molecule has 0 aromatic heterocycles. The van der Waals surface area contributed by atoms with E-state index < -0.39 is 21.8 Å². The van der Waals surface area contributed by atoms with Gasteiger partial charge in [-0.25, -0.2) is 8.42 Å². The fourth-order valence-corrected chi connectivity index (χ4v) is 3.17. The van der Waals surface area contributed by atoms with Gasteiger partial charge < -0.3 is 5.11 Å². The zero-order valence-corrected chi connectivity index (χ0v) is 10.6. The molecule has 1 aliphatic rings. The summed E-state index contributed by atoms with van der Waals surface area (Å²) in [6, 6.07) is -1.07. The summed E-state index contributed by atoms with van der Waals surface area (Å²) in [5.74, 6) is -0.254. The summed E-state index contributed by atoms with van der Waals surface area (Å²) in [7, 11) is -3.13. The molecule has 0 aromatic rings. The second-order valence-corrected chi connectivity index (χ2v) is 6.52. The van der Waals surface area contributed by atoms with E-state index in [1.54, 1.807) is 11.8 Å². The van der Waals surface area contributed by atoms with Crippen molar-refractivity contribution in [1.29, 1.82) is 0 Å². The second kappa shape index (κ2) is 5.70. The maximum Gasteiger partial charge on any atom is 0.320 e. The molecule has 0 saturated carbocycles. The fourth-order valence-electron chi connectivity index (χ4n) is 1.45. The zero-order valence-electron chi connectivity index (χ0n) is 8.92. The number of carbonyl (C=O) groups is 1. The van der Waals surface area contributed by atoms with Crippen LogP contribution in [0.15, 0.2) is 11.5 Å². The third-order valence-electron chi connectivity index (χ3n) is 2.25. The maximum absolute atomic E-state index is 11.1. The molecule has 5 nitrogen and oxygen atoms in total. The highest BCUT2D eigenvalue weighted by molar-refractivity contribution is 7.98. The molecular formula is C9H15NO4S2. The molecule has 0 aromatic carbocycles. The first kappa shape index (κ1) is 13.5. The summed E-state index contributed by atoms with van der Waals surface area (Å²) < 4.78 is 22.3. The van der Waals surface area contributed by atoms with Crippen LogP contribution in [0, 0.1) is 0 Å². The smallest absolute Gasteiger partial charge is 0.320 e. The Morgan fingerprint density at radius 3 is 2.81 bits per heavy atom. The minimum absolute atomic E-state index is 0.0456. The molecule has 7 heteroatoms. The van der Waals surface area contributed by atoms with Crippen LogP contribution in [0.1, 0.15) is 6.42 Å². The second-order valence-electron chi connectivity index (χ2n) is 3.60. The van der Waals surface area contributed by atoms with Crippen molar-refractivity contribution in [3.8, 4) is 0 Å². The number of nitrogens with one attached hydrogen (secondary N) is 1. The van der Waals surface area contributed by atoms with Gasteiger partial charge in [0.2, 0.25) is 0 Å². The molecule has 0 bridgehead atoms. The molecular weight excluding hydrogens is 250 g/mol. The van der Waals surface area contributed by atoms with Crippen LogP contribution in [0.4, 0.5) is 0 Å². The molecule has 0 radical (unpaired) electrons. The standard InChI is InChI=1S/C9H15NO4S2/c1-15-4-2-8(9(11)12)10-7-3-5-16(13,14)6-7/h3,5,7-8,10H,2,4,6H2,1H3,(H,11,12). The van der Waals surface area contributed by atoms with Gasteiger partial charge >= 0.3 is 5.97 Å². The van der Waals surface area contributed by atoms with Crippen LogP contribution in [0.3, 0.4) is 0 Å². The highest BCUT2D eigenvalue weighted by Gasteiger charge is 2.26. The van der Waals surface area contributed by atoms with Crippen molar-refractivity contribution in [3.63, 3.8) is 0 Å². The summed E-state index contributed by atoms with van der Waals surface area (Å²) >= 11 is 1.57. The highest BCUT2D eigenvalue weighted by atomic mass is 32.2. The van der Waals surface area contributed by atoms with Crippen LogP contribution in [-0.2, 0) is 14.6 Å². The van der Waals surface area contributed by atoms with E-state index in [0.717, 1.165) is 11.2 Å². The highest BCUT2D eigenvalue weighted by Crippen LogP contribution is 2.10. The predicted octanol–water partition coefficient (Wildman–Crippen LogP) is 0.0930. The van der Waals surface area contributed by atoms with E-state index in [1.165, 1.54) is 6.08 Å². The van der Waals surface area contributed by atoms with Gasteiger partial charge in [0.25, 0.3) is 0 Å². The lowest BCUT2D eigenvalue weighted by Crippen LogP contribution is -2.44. The van der Waals surface area contributed by atoms with Gasteiger partial charge in [0.1, 0.15) is 6.04 Å². The van der Waals surface area contributed by atoms with Crippen molar-refractivity contribution in [1.82, 2.24) is 5.32 Å². The third kappa shape index (κ3) is 4.15. The SMILES string of the molecule is CSCCC(NC1C=CS(=O)(=O)C1)C(=O)O. The molecule has 2 N–H and O–H groups in total. The van der Waals surface area contributed by atoms with Gasteiger partial charge in [-0.15, -0.1) is 0 Å². The molecule has 92 valence electrons. The number of hydrogen-bond acceptors (Lipinski definition) is 5. The van der Waals surface area contributed by atoms with Gasteiger partial charge in [0.05, 0.1) is 5.75 Å². The Balaban J connectivity index is 2.50. The Morgan fingerprint density at radius 2 is 2.38 bits per heavy atom. The van der Waals surface area contributed by atoms with E-state index in [4.69, 9.17) is 5.11 Å². The van der Waals surface area contributed by atoms with Crippen LogP contribution in [0.25, 0.3) is 0 Å². The molecule has 16 heavy (non-hydrogen) atoms. The molecule has 1 heterocycles. The van der Waals surface area contributed by atoms with Gasteiger partial charge in [-0.3, -0.25) is 10.1 Å². The van der Waals surface area contributed by atoms with Crippen molar-refractivity contribution >= 4 is 27.6 Å². The normalized spacial score (nSPS) is 24.4. The van der Waals surface area contributed by atoms with E-state index in [0.29, 0.717) is 6.42 Å². The topological polar surface area (TPSA) is 83.5 Å². The number of hydrogen-bond donors (Lipinski definition) is 2. The average Bonchev–Trinajstić information content (AvgIpc) is 2.52. The molecule has 0 aliphatic carbocycles. The number of carboxylic acid groups (broad SMARTS) is 1. The van der Waals surface area contributed by atoms with Gasteiger partial charge in [-0.1, -0.05) is 6.08 Å². The van der Waals surface area contributed by atoms with Crippen LogP contribution in [0.2, 0.25) is 0 Å². The van der Waals surface area contributed by atoms with E-state index in [9.17, 15) is 13.2 Å². The molecule has 1 rings (SSSR count). The van der Waals surface area contributed by atoms with E-state index >= 15 is 0 Å². The summed E-state index contributed by atoms with van der Waals surface area (Å²) in [4.78, 5) is 10.9. The maximum atomic E-state index is 11.1. The Kier molecular flexibility index (Phi) is 4.82.